The molecule has 2 nitrogen and oxygen atoms in total. The molecule has 2 aliphatic carbocycles. The molecule has 0 radical (unpaired) electrons. The fourth-order valence-corrected chi connectivity index (χ4v) is 4.06. The summed E-state index contributed by atoms with van der Waals surface area (Å²) in [6.45, 7) is 8.40. The second kappa shape index (κ2) is 7.64. The van der Waals surface area contributed by atoms with Crippen LogP contribution in [-0.2, 0) is 0 Å². The van der Waals surface area contributed by atoms with Crippen molar-refractivity contribution in [2.45, 2.75) is 64.8 Å². The third-order valence-electron chi connectivity index (χ3n) is 5.48. The Morgan fingerprint density at radius 1 is 1.00 bits per heavy atom. The van der Waals surface area contributed by atoms with Crippen molar-refractivity contribution in [1.29, 1.82) is 0 Å². The highest BCUT2D eigenvalue weighted by molar-refractivity contribution is 4.86. The summed E-state index contributed by atoms with van der Waals surface area (Å²) in [5, 5.41) is 3.74. The van der Waals surface area contributed by atoms with Gasteiger partial charge in [0.05, 0.1) is 0 Å². The predicted octanol–water partition coefficient (Wildman–Crippen LogP) is 3.52. The fraction of sp³-hybridized carbons (Fsp3) is 1.00. The summed E-state index contributed by atoms with van der Waals surface area (Å²) >= 11 is 0. The summed E-state index contributed by atoms with van der Waals surface area (Å²) in [5.41, 5.74) is 0. The molecule has 2 fully saturated rings. The third-order valence-corrected chi connectivity index (χ3v) is 5.48. The van der Waals surface area contributed by atoms with E-state index in [4.69, 9.17) is 0 Å². The van der Waals surface area contributed by atoms with Gasteiger partial charge in [0.1, 0.15) is 0 Å². The molecule has 0 spiro atoms. The minimum absolute atomic E-state index is 0.775. The lowest BCUT2D eigenvalue weighted by atomic mass is 9.76. The van der Waals surface area contributed by atoms with Crippen molar-refractivity contribution in [3.63, 3.8) is 0 Å². The highest BCUT2D eigenvalue weighted by Gasteiger charge is 2.30. The maximum Gasteiger partial charge on any atom is 0.0108 e. The topological polar surface area (TPSA) is 15.3 Å². The molecule has 0 aromatic heterocycles. The first-order valence-corrected chi connectivity index (χ1v) is 8.64. The number of hydrogen-bond acceptors (Lipinski definition) is 2. The van der Waals surface area contributed by atoms with Gasteiger partial charge in [0, 0.05) is 19.1 Å². The van der Waals surface area contributed by atoms with Crippen LogP contribution in [0.15, 0.2) is 0 Å². The van der Waals surface area contributed by atoms with Crippen LogP contribution in [0.5, 0.6) is 0 Å². The monoisotopic (exact) mass is 266 g/mol. The highest BCUT2D eigenvalue weighted by atomic mass is 15.1. The van der Waals surface area contributed by atoms with Crippen LogP contribution >= 0.6 is 0 Å². The second-order valence-corrected chi connectivity index (χ2v) is 7.03. The van der Waals surface area contributed by atoms with Gasteiger partial charge in [0.2, 0.25) is 0 Å². The summed E-state index contributed by atoms with van der Waals surface area (Å²) in [6, 6.07) is 0.775. The van der Waals surface area contributed by atoms with E-state index in [2.05, 4.69) is 31.1 Å². The smallest absolute Gasteiger partial charge is 0.0108 e. The molecule has 3 unspecified atom stereocenters. The third kappa shape index (κ3) is 4.46. The minimum atomic E-state index is 0.775. The van der Waals surface area contributed by atoms with E-state index in [-0.39, 0.29) is 0 Å². The minimum Gasteiger partial charge on any atom is -0.314 e. The van der Waals surface area contributed by atoms with Crippen molar-refractivity contribution in [3.05, 3.63) is 0 Å². The lowest BCUT2D eigenvalue weighted by Crippen LogP contribution is -2.46. The summed E-state index contributed by atoms with van der Waals surface area (Å²) in [4.78, 5) is 2.62. The Morgan fingerprint density at radius 3 is 2.37 bits per heavy atom. The van der Waals surface area contributed by atoms with Crippen molar-refractivity contribution in [2.24, 2.45) is 17.8 Å². The van der Waals surface area contributed by atoms with Gasteiger partial charge in [-0.3, -0.25) is 0 Å². The number of rotatable bonds is 7. The van der Waals surface area contributed by atoms with Crippen LogP contribution in [0.1, 0.15) is 58.8 Å². The van der Waals surface area contributed by atoms with Crippen LogP contribution < -0.4 is 5.32 Å². The van der Waals surface area contributed by atoms with Gasteiger partial charge in [-0.2, -0.15) is 0 Å². The molecule has 0 saturated heterocycles. The molecule has 2 heteroatoms. The molecular weight excluding hydrogens is 232 g/mol. The lowest BCUT2D eigenvalue weighted by molar-refractivity contribution is 0.129. The lowest BCUT2D eigenvalue weighted by Gasteiger charge is -2.39. The van der Waals surface area contributed by atoms with Crippen LogP contribution in [0.25, 0.3) is 0 Å². The Hall–Kier alpha value is -0.0800. The summed E-state index contributed by atoms with van der Waals surface area (Å²) in [6.07, 6.45) is 10.1. The zero-order valence-corrected chi connectivity index (χ0v) is 13.3. The largest absolute Gasteiger partial charge is 0.314 e. The Labute approximate surface area is 120 Å². The van der Waals surface area contributed by atoms with Gasteiger partial charge < -0.3 is 10.2 Å². The molecule has 0 aromatic carbocycles. The molecule has 0 heterocycles. The normalized spacial score (nSPS) is 32.5. The van der Waals surface area contributed by atoms with Crippen molar-refractivity contribution in [1.82, 2.24) is 10.2 Å². The average Bonchev–Trinajstić information content (AvgIpc) is 2.36. The summed E-state index contributed by atoms with van der Waals surface area (Å²) < 4.78 is 0. The summed E-state index contributed by atoms with van der Waals surface area (Å²) in [5.74, 6) is 2.87. The van der Waals surface area contributed by atoms with Crippen LogP contribution in [0.3, 0.4) is 0 Å². The van der Waals surface area contributed by atoms with E-state index in [0.29, 0.717) is 0 Å². The zero-order chi connectivity index (χ0) is 13.7. The molecule has 0 bridgehead atoms. The quantitative estimate of drug-likeness (QED) is 0.758. The Kier molecular flexibility index (Phi) is 6.15. The van der Waals surface area contributed by atoms with E-state index < -0.39 is 0 Å². The molecule has 0 aromatic rings. The predicted molar refractivity (Wildman–Crippen MR) is 83.4 cm³/mol. The molecule has 112 valence electrons. The molecule has 2 saturated carbocycles. The molecule has 19 heavy (non-hydrogen) atoms. The van der Waals surface area contributed by atoms with Gasteiger partial charge in [-0.15, -0.1) is 0 Å². The maximum absolute atomic E-state index is 3.74. The Bertz CT molecular complexity index is 250. The Morgan fingerprint density at radius 2 is 1.79 bits per heavy atom. The van der Waals surface area contributed by atoms with Gasteiger partial charge in [0.25, 0.3) is 0 Å². The van der Waals surface area contributed by atoms with Crippen molar-refractivity contribution >= 4 is 0 Å². The van der Waals surface area contributed by atoms with Gasteiger partial charge in [-0.1, -0.05) is 26.7 Å². The molecule has 0 amide bonds. The van der Waals surface area contributed by atoms with Crippen LogP contribution in [-0.4, -0.2) is 37.6 Å². The van der Waals surface area contributed by atoms with Gasteiger partial charge >= 0.3 is 0 Å². The SMILES string of the molecule is CCNC1CCC(CC)CC1CN(C)CC1CCC1. The molecule has 2 aliphatic rings. The van der Waals surface area contributed by atoms with E-state index in [1.807, 2.05) is 0 Å². The molecule has 3 atom stereocenters. The Balaban J connectivity index is 1.81. The van der Waals surface area contributed by atoms with Crippen LogP contribution in [0.4, 0.5) is 0 Å². The zero-order valence-electron chi connectivity index (χ0n) is 13.3. The second-order valence-electron chi connectivity index (χ2n) is 7.03. The van der Waals surface area contributed by atoms with Gasteiger partial charge in [0.15, 0.2) is 0 Å². The number of nitrogens with zero attached hydrogens (tertiary/aromatic N) is 1. The first-order valence-electron chi connectivity index (χ1n) is 8.64. The molecule has 2 rings (SSSR count). The van der Waals surface area contributed by atoms with E-state index in [1.54, 1.807) is 0 Å². The highest BCUT2D eigenvalue weighted by Crippen LogP contribution is 2.33. The molecule has 1 N–H and O–H groups in total. The first kappa shape index (κ1) is 15.3. The number of hydrogen-bond donors (Lipinski definition) is 1. The first-order chi connectivity index (χ1) is 9.22. The van der Waals surface area contributed by atoms with Crippen LogP contribution in [0.2, 0.25) is 0 Å². The van der Waals surface area contributed by atoms with Gasteiger partial charge in [-0.25, -0.2) is 0 Å². The number of nitrogens with one attached hydrogen (secondary N) is 1. The summed E-state index contributed by atoms with van der Waals surface area (Å²) in [7, 11) is 2.34. The van der Waals surface area contributed by atoms with Crippen molar-refractivity contribution in [3.8, 4) is 0 Å². The van der Waals surface area contributed by atoms with E-state index in [0.717, 1.165) is 30.3 Å². The van der Waals surface area contributed by atoms with Crippen molar-refractivity contribution < 1.29 is 0 Å². The average molecular weight is 266 g/mol. The van der Waals surface area contributed by atoms with Crippen molar-refractivity contribution in [2.75, 3.05) is 26.7 Å². The van der Waals surface area contributed by atoms with Gasteiger partial charge in [-0.05, 0) is 63.5 Å². The fourth-order valence-electron chi connectivity index (χ4n) is 4.06. The van der Waals surface area contributed by atoms with E-state index in [1.165, 1.54) is 58.0 Å². The van der Waals surface area contributed by atoms with Crippen LogP contribution in [0, 0.1) is 17.8 Å². The maximum atomic E-state index is 3.74. The molecular formula is C17H34N2. The standard InChI is InChI=1S/C17H34N2/c1-4-14-9-10-17(18-5-2)16(11-14)13-19(3)12-15-7-6-8-15/h14-18H,4-13H2,1-3H3. The molecule has 0 aliphatic heterocycles. The van der Waals surface area contributed by atoms with E-state index >= 15 is 0 Å². The van der Waals surface area contributed by atoms with E-state index in [9.17, 15) is 0 Å².